The van der Waals surface area contributed by atoms with Gasteiger partial charge in [0.2, 0.25) is 5.91 Å². The average molecular weight is 350 g/mol. The third-order valence-corrected chi connectivity index (χ3v) is 5.91. The van der Waals surface area contributed by atoms with Gasteiger partial charge in [0.15, 0.2) is 5.17 Å². The highest BCUT2D eigenvalue weighted by molar-refractivity contribution is 8.16. The number of carbonyl (C=O) groups is 1. The lowest BCUT2D eigenvalue weighted by Gasteiger charge is -2.28. The minimum atomic E-state index is -0.469. The van der Waals surface area contributed by atoms with Crippen LogP contribution in [0.3, 0.4) is 0 Å². The van der Waals surface area contributed by atoms with E-state index in [-0.39, 0.29) is 17.8 Å². The number of amidine groups is 1. The number of hydrogen-bond acceptors (Lipinski definition) is 4. The second-order valence-corrected chi connectivity index (χ2v) is 8.20. The maximum absolute atomic E-state index is 13.0. The molecule has 2 heterocycles. The van der Waals surface area contributed by atoms with Crippen LogP contribution < -0.4 is 5.32 Å². The van der Waals surface area contributed by atoms with Crippen molar-refractivity contribution in [3.63, 3.8) is 0 Å². The van der Waals surface area contributed by atoms with Gasteiger partial charge in [-0.05, 0) is 56.7 Å². The van der Waals surface area contributed by atoms with Gasteiger partial charge in [0.25, 0.3) is 0 Å². The number of rotatable bonds is 4. The maximum Gasteiger partial charge on any atom is 0.242 e. The number of amides is 1. The molecule has 0 aromatic heterocycles. The maximum atomic E-state index is 13.0. The molecule has 1 N–H and O–H groups in total. The zero-order valence-electron chi connectivity index (χ0n) is 14.0. The normalized spacial score (nSPS) is 28.1. The summed E-state index contributed by atoms with van der Waals surface area (Å²) in [6, 6.07) is 6.20. The average Bonchev–Trinajstić information content (AvgIpc) is 2.82. The Kier molecular flexibility index (Phi) is 5.25. The molecule has 2 aliphatic heterocycles. The Bertz CT molecular complexity index is 628. The van der Waals surface area contributed by atoms with Gasteiger partial charge < -0.3 is 10.1 Å². The number of nitrogens with zero attached hydrogens (tertiary/aromatic N) is 1. The fourth-order valence-corrected chi connectivity index (χ4v) is 4.44. The van der Waals surface area contributed by atoms with Gasteiger partial charge in [0.1, 0.15) is 5.82 Å². The van der Waals surface area contributed by atoms with Gasteiger partial charge in [-0.1, -0.05) is 23.9 Å². The lowest BCUT2D eigenvalue weighted by molar-refractivity contribution is -0.121. The molecule has 130 valence electrons. The zero-order valence-corrected chi connectivity index (χ0v) is 14.9. The van der Waals surface area contributed by atoms with Crippen LogP contribution in [0.25, 0.3) is 0 Å². The lowest BCUT2D eigenvalue weighted by atomic mass is 9.89. The first-order chi connectivity index (χ1) is 11.5. The molecule has 3 rings (SSSR count). The summed E-state index contributed by atoms with van der Waals surface area (Å²) in [6.45, 7) is 5.51. The quantitative estimate of drug-likeness (QED) is 0.901. The molecule has 2 fully saturated rings. The van der Waals surface area contributed by atoms with E-state index < -0.39 is 4.75 Å². The first kappa shape index (κ1) is 17.4. The molecule has 0 spiro atoms. The Hall–Kier alpha value is -1.40. The highest BCUT2D eigenvalue weighted by Gasteiger charge is 2.44. The largest absolute Gasteiger partial charge is 0.381 e. The Balaban J connectivity index is 1.67. The number of ether oxygens (including phenoxy) is 1. The van der Waals surface area contributed by atoms with Crippen LogP contribution in [-0.2, 0) is 9.53 Å². The van der Waals surface area contributed by atoms with Gasteiger partial charge in [-0.15, -0.1) is 0 Å². The smallest absolute Gasteiger partial charge is 0.242 e. The van der Waals surface area contributed by atoms with Crippen molar-refractivity contribution in [1.82, 2.24) is 5.32 Å². The Labute approximate surface area is 146 Å². The fourth-order valence-electron chi connectivity index (χ4n) is 3.20. The minimum Gasteiger partial charge on any atom is -0.381 e. The molecule has 0 aliphatic carbocycles. The van der Waals surface area contributed by atoms with Crippen LogP contribution in [0.1, 0.15) is 44.7 Å². The number of hydrogen-bond donors (Lipinski definition) is 1. The predicted molar refractivity (Wildman–Crippen MR) is 94.5 cm³/mol. The van der Waals surface area contributed by atoms with Crippen molar-refractivity contribution in [3.8, 4) is 0 Å². The van der Waals surface area contributed by atoms with E-state index in [2.05, 4.69) is 10.3 Å². The number of benzene rings is 1. The second kappa shape index (κ2) is 7.23. The van der Waals surface area contributed by atoms with E-state index in [1.54, 1.807) is 12.1 Å². The Morgan fingerprint density at radius 3 is 2.71 bits per heavy atom. The Morgan fingerprint density at radius 2 is 2.04 bits per heavy atom. The molecule has 0 saturated carbocycles. The molecule has 24 heavy (non-hydrogen) atoms. The summed E-state index contributed by atoms with van der Waals surface area (Å²) in [7, 11) is 0. The molecule has 2 unspecified atom stereocenters. The first-order valence-electron chi connectivity index (χ1n) is 8.38. The van der Waals surface area contributed by atoms with Gasteiger partial charge >= 0.3 is 0 Å². The van der Waals surface area contributed by atoms with Crippen molar-refractivity contribution in [1.29, 1.82) is 0 Å². The van der Waals surface area contributed by atoms with Crippen molar-refractivity contribution in [3.05, 3.63) is 35.6 Å². The number of thioether (sulfide) groups is 1. The standard InChI is InChI=1S/C18H23FN2O2S/c1-12(14-3-5-15(19)6-4-14)20-17-21-16(22)18(2,24-17)11-13-7-9-23-10-8-13/h3-6,12-13H,7-11H2,1-2H3,(H,20,21,22). The number of nitrogens with one attached hydrogen (secondary N) is 1. The van der Waals surface area contributed by atoms with Crippen molar-refractivity contribution in [2.45, 2.75) is 43.9 Å². The van der Waals surface area contributed by atoms with E-state index in [0.717, 1.165) is 38.0 Å². The predicted octanol–water partition coefficient (Wildman–Crippen LogP) is 3.68. The Morgan fingerprint density at radius 1 is 1.38 bits per heavy atom. The van der Waals surface area contributed by atoms with Gasteiger partial charge in [-0.25, -0.2) is 4.39 Å². The highest BCUT2D eigenvalue weighted by Crippen LogP contribution is 2.40. The molecule has 2 aliphatic rings. The SMILES string of the molecule is CC(N=C1NC(=O)C(C)(CC2CCOCC2)S1)c1ccc(F)cc1. The van der Waals surface area contributed by atoms with E-state index in [4.69, 9.17) is 4.74 Å². The van der Waals surface area contributed by atoms with Crippen LogP contribution in [0.2, 0.25) is 0 Å². The molecular weight excluding hydrogens is 327 g/mol. The van der Waals surface area contributed by atoms with E-state index in [1.807, 2.05) is 13.8 Å². The van der Waals surface area contributed by atoms with E-state index in [0.29, 0.717) is 11.1 Å². The van der Waals surface area contributed by atoms with Gasteiger partial charge in [-0.2, -0.15) is 0 Å². The van der Waals surface area contributed by atoms with Crippen molar-refractivity contribution in [2.75, 3.05) is 13.2 Å². The summed E-state index contributed by atoms with van der Waals surface area (Å²) < 4.78 is 18.0. The summed E-state index contributed by atoms with van der Waals surface area (Å²) in [5.74, 6) is 0.297. The molecule has 2 atom stereocenters. The third kappa shape index (κ3) is 3.98. The van der Waals surface area contributed by atoms with Crippen LogP contribution in [0.15, 0.2) is 29.3 Å². The van der Waals surface area contributed by atoms with Crippen LogP contribution in [0, 0.1) is 11.7 Å². The molecule has 1 aromatic rings. The monoisotopic (exact) mass is 350 g/mol. The van der Waals surface area contributed by atoms with Crippen molar-refractivity contribution >= 4 is 22.8 Å². The second-order valence-electron chi connectivity index (χ2n) is 6.71. The fraction of sp³-hybridized carbons (Fsp3) is 0.556. The molecule has 0 radical (unpaired) electrons. The van der Waals surface area contributed by atoms with Gasteiger partial charge in [0, 0.05) is 13.2 Å². The molecule has 1 amide bonds. The van der Waals surface area contributed by atoms with Crippen LogP contribution in [0.4, 0.5) is 4.39 Å². The third-order valence-electron chi connectivity index (χ3n) is 4.71. The van der Waals surface area contributed by atoms with E-state index >= 15 is 0 Å². The summed E-state index contributed by atoms with van der Waals surface area (Å²) in [5, 5.41) is 3.57. The molecule has 6 heteroatoms. The first-order valence-corrected chi connectivity index (χ1v) is 9.19. The minimum absolute atomic E-state index is 0.0315. The molecule has 1 aromatic carbocycles. The van der Waals surface area contributed by atoms with Gasteiger partial charge in [0.05, 0.1) is 10.8 Å². The summed E-state index contributed by atoms with van der Waals surface area (Å²) in [5.41, 5.74) is 0.928. The molecule has 2 saturated heterocycles. The van der Waals surface area contributed by atoms with Crippen LogP contribution in [0.5, 0.6) is 0 Å². The van der Waals surface area contributed by atoms with E-state index in [1.165, 1.54) is 23.9 Å². The van der Waals surface area contributed by atoms with Gasteiger partial charge in [-0.3, -0.25) is 9.79 Å². The zero-order chi connectivity index (χ0) is 17.2. The number of halogens is 1. The molecule has 4 nitrogen and oxygen atoms in total. The van der Waals surface area contributed by atoms with E-state index in [9.17, 15) is 9.18 Å². The summed E-state index contributed by atoms with van der Waals surface area (Å²) >= 11 is 1.52. The number of carbonyl (C=O) groups excluding carboxylic acids is 1. The summed E-state index contributed by atoms with van der Waals surface area (Å²) in [4.78, 5) is 17.1. The highest BCUT2D eigenvalue weighted by atomic mass is 32.2. The summed E-state index contributed by atoms with van der Waals surface area (Å²) in [6.07, 6.45) is 2.88. The van der Waals surface area contributed by atoms with Crippen molar-refractivity contribution < 1.29 is 13.9 Å². The van der Waals surface area contributed by atoms with Crippen molar-refractivity contribution in [2.24, 2.45) is 10.9 Å². The van der Waals surface area contributed by atoms with Crippen LogP contribution >= 0.6 is 11.8 Å². The number of aliphatic imine (C=N–C) groups is 1. The molecule has 0 bridgehead atoms. The van der Waals surface area contributed by atoms with Crippen LogP contribution in [-0.4, -0.2) is 29.0 Å². The topological polar surface area (TPSA) is 50.7 Å². The molecular formula is C18H23FN2O2S. The lowest BCUT2D eigenvalue weighted by Crippen LogP contribution is -2.36.